The van der Waals surface area contributed by atoms with Gasteiger partial charge in [-0.25, -0.2) is 0 Å². The van der Waals surface area contributed by atoms with Gasteiger partial charge in [0.25, 0.3) is 0 Å². The summed E-state index contributed by atoms with van der Waals surface area (Å²) in [5.74, 6) is 2.96. The number of thiophene rings is 1. The highest BCUT2D eigenvalue weighted by Gasteiger charge is 1.97. The Labute approximate surface area is 91.3 Å². The van der Waals surface area contributed by atoms with Crippen LogP contribution in [-0.2, 0) is 5.75 Å². The van der Waals surface area contributed by atoms with Crippen molar-refractivity contribution >= 4 is 46.3 Å². The van der Waals surface area contributed by atoms with Crippen molar-refractivity contribution < 1.29 is 0 Å². The lowest BCUT2D eigenvalue weighted by molar-refractivity contribution is 1.11. The van der Waals surface area contributed by atoms with Gasteiger partial charge in [0.2, 0.25) is 0 Å². The van der Waals surface area contributed by atoms with Crippen molar-refractivity contribution in [2.75, 3.05) is 11.6 Å². The van der Waals surface area contributed by atoms with Crippen molar-refractivity contribution in [2.24, 2.45) is 0 Å². The molecule has 0 saturated carbocycles. The van der Waals surface area contributed by atoms with Gasteiger partial charge in [-0.1, -0.05) is 11.6 Å². The fourth-order valence-corrected chi connectivity index (χ4v) is 3.21. The van der Waals surface area contributed by atoms with E-state index in [4.69, 9.17) is 23.2 Å². The van der Waals surface area contributed by atoms with Crippen LogP contribution < -0.4 is 0 Å². The third-order valence-electron chi connectivity index (χ3n) is 1.30. The van der Waals surface area contributed by atoms with Crippen molar-refractivity contribution in [3.63, 3.8) is 0 Å². The van der Waals surface area contributed by atoms with Gasteiger partial charge in [-0.15, -0.1) is 22.9 Å². The number of hydrogen-bond acceptors (Lipinski definition) is 2. The molecule has 0 spiro atoms. The third-order valence-corrected chi connectivity index (χ3v) is 4.07. The molecular weight excluding hydrogens is 231 g/mol. The molecule has 0 amide bonds. The topological polar surface area (TPSA) is 0 Å². The van der Waals surface area contributed by atoms with Gasteiger partial charge in [0.05, 0.1) is 4.34 Å². The van der Waals surface area contributed by atoms with Gasteiger partial charge in [0.15, 0.2) is 0 Å². The van der Waals surface area contributed by atoms with E-state index in [2.05, 4.69) is 6.07 Å². The second kappa shape index (κ2) is 6.14. The minimum absolute atomic E-state index is 0.762. The molecule has 0 atom stereocenters. The van der Waals surface area contributed by atoms with E-state index in [9.17, 15) is 0 Å². The van der Waals surface area contributed by atoms with Crippen molar-refractivity contribution in [2.45, 2.75) is 12.2 Å². The minimum atomic E-state index is 0.762. The van der Waals surface area contributed by atoms with Crippen LogP contribution in [0, 0.1) is 0 Å². The third kappa shape index (κ3) is 4.04. The van der Waals surface area contributed by atoms with E-state index in [0.29, 0.717) is 0 Å². The molecular formula is C8H10Cl2S2. The lowest BCUT2D eigenvalue weighted by Crippen LogP contribution is -1.81. The van der Waals surface area contributed by atoms with Crippen LogP contribution in [0.15, 0.2) is 12.1 Å². The average Bonchev–Trinajstić information content (AvgIpc) is 2.45. The molecule has 0 nitrogen and oxygen atoms in total. The molecule has 0 saturated heterocycles. The van der Waals surface area contributed by atoms with E-state index >= 15 is 0 Å². The summed E-state index contributed by atoms with van der Waals surface area (Å²) < 4.78 is 0.878. The van der Waals surface area contributed by atoms with Gasteiger partial charge in [-0.2, -0.15) is 11.8 Å². The largest absolute Gasteiger partial charge is 0.156 e. The van der Waals surface area contributed by atoms with Crippen molar-refractivity contribution in [3.05, 3.63) is 21.3 Å². The number of alkyl halides is 1. The maximum Gasteiger partial charge on any atom is 0.0931 e. The summed E-state index contributed by atoms with van der Waals surface area (Å²) >= 11 is 14.9. The van der Waals surface area contributed by atoms with Gasteiger partial charge in [0, 0.05) is 16.5 Å². The summed E-state index contributed by atoms with van der Waals surface area (Å²) in [5.41, 5.74) is 0. The molecule has 0 aliphatic heterocycles. The van der Waals surface area contributed by atoms with Gasteiger partial charge in [-0.3, -0.25) is 0 Å². The Hall–Kier alpha value is 0.630. The van der Waals surface area contributed by atoms with Crippen LogP contribution in [0.4, 0.5) is 0 Å². The van der Waals surface area contributed by atoms with Crippen LogP contribution in [-0.4, -0.2) is 11.6 Å². The van der Waals surface area contributed by atoms with Crippen LogP contribution in [0.3, 0.4) is 0 Å². The zero-order chi connectivity index (χ0) is 8.81. The molecule has 0 bridgehead atoms. The SMILES string of the molecule is ClCCCSCc1ccc(Cl)s1. The van der Waals surface area contributed by atoms with E-state index in [1.165, 1.54) is 4.88 Å². The van der Waals surface area contributed by atoms with Crippen LogP contribution in [0.25, 0.3) is 0 Å². The molecule has 12 heavy (non-hydrogen) atoms. The van der Waals surface area contributed by atoms with E-state index in [1.54, 1.807) is 11.3 Å². The summed E-state index contributed by atoms with van der Waals surface area (Å²) in [4.78, 5) is 1.35. The fraction of sp³-hybridized carbons (Fsp3) is 0.500. The molecule has 0 unspecified atom stereocenters. The zero-order valence-corrected chi connectivity index (χ0v) is 9.70. The van der Waals surface area contributed by atoms with E-state index in [1.807, 2.05) is 17.8 Å². The van der Waals surface area contributed by atoms with E-state index < -0.39 is 0 Å². The van der Waals surface area contributed by atoms with Gasteiger partial charge >= 0.3 is 0 Å². The molecule has 68 valence electrons. The quantitative estimate of drug-likeness (QED) is 0.548. The highest BCUT2D eigenvalue weighted by molar-refractivity contribution is 7.98. The van der Waals surface area contributed by atoms with Crippen molar-refractivity contribution in [1.82, 2.24) is 0 Å². The number of halogens is 2. The molecule has 1 rings (SSSR count). The van der Waals surface area contributed by atoms with Crippen molar-refractivity contribution in [3.8, 4) is 0 Å². The second-order valence-electron chi connectivity index (χ2n) is 2.30. The molecule has 0 radical (unpaired) electrons. The Bertz CT molecular complexity index is 223. The first-order chi connectivity index (χ1) is 5.83. The number of thioether (sulfide) groups is 1. The van der Waals surface area contributed by atoms with E-state index in [0.717, 1.165) is 28.1 Å². The van der Waals surface area contributed by atoms with Crippen molar-refractivity contribution in [1.29, 1.82) is 0 Å². The lowest BCUT2D eigenvalue weighted by Gasteiger charge is -1.95. The molecule has 0 aliphatic carbocycles. The maximum absolute atomic E-state index is 5.79. The van der Waals surface area contributed by atoms with Crippen LogP contribution in [0.1, 0.15) is 11.3 Å². The Kier molecular flexibility index (Phi) is 5.48. The first kappa shape index (κ1) is 10.7. The predicted molar refractivity (Wildman–Crippen MR) is 60.8 cm³/mol. The minimum Gasteiger partial charge on any atom is -0.156 e. The highest BCUT2D eigenvalue weighted by atomic mass is 35.5. The Morgan fingerprint density at radius 2 is 2.25 bits per heavy atom. The number of rotatable bonds is 5. The molecule has 4 heteroatoms. The summed E-state index contributed by atoms with van der Waals surface area (Å²) in [6.45, 7) is 0. The smallest absolute Gasteiger partial charge is 0.0931 e. The molecule has 0 fully saturated rings. The summed E-state index contributed by atoms with van der Waals surface area (Å²) in [5, 5.41) is 0. The van der Waals surface area contributed by atoms with Gasteiger partial charge in [0.1, 0.15) is 0 Å². The van der Waals surface area contributed by atoms with Gasteiger partial charge in [-0.05, 0) is 24.3 Å². The molecule has 0 aromatic carbocycles. The molecule has 1 aromatic heterocycles. The monoisotopic (exact) mass is 240 g/mol. The standard InChI is InChI=1S/C8H10Cl2S2/c9-4-1-5-11-6-7-2-3-8(10)12-7/h2-3H,1,4-6H2. The lowest BCUT2D eigenvalue weighted by atomic mass is 10.5. The predicted octanol–water partition coefficient (Wildman–Crippen LogP) is 4.26. The molecule has 0 aliphatic rings. The Morgan fingerprint density at radius 3 is 2.83 bits per heavy atom. The summed E-state index contributed by atoms with van der Waals surface area (Å²) in [6, 6.07) is 4.03. The Balaban J connectivity index is 2.15. The van der Waals surface area contributed by atoms with Crippen LogP contribution in [0.2, 0.25) is 4.34 Å². The summed E-state index contributed by atoms with van der Waals surface area (Å²) in [6.07, 6.45) is 1.09. The molecule has 0 N–H and O–H groups in total. The molecule has 1 heterocycles. The Morgan fingerprint density at radius 1 is 1.42 bits per heavy atom. The highest BCUT2D eigenvalue weighted by Crippen LogP contribution is 2.25. The fourth-order valence-electron chi connectivity index (χ4n) is 0.759. The first-order valence-electron chi connectivity index (χ1n) is 3.71. The van der Waals surface area contributed by atoms with Crippen LogP contribution >= 0.6 is 46.3 Å². The summed E-state index contributed by atoms with van der Waals surface area (Å²) in [7, 11) is 0. The maximum atomic E-state index is 5.79. The molecule has 1 aromatic rings. The van der Waals surface area contributed by atoms with Gasteiger partial charge < -0.3 is 0 Å². The average molecular weight is 241 g/mol. The van der Waals surface area contributed by atoms with Crippen LogP contribution in [0.5, 0.6) is 0 Å². The second-order valence-corrected chi connectivity index (χ2v) is 5.58. The first-order valence-corrected chi connectivity index (χ1v) is 6.59. The zero-order valence-electron chi connectivity index (χ0n) is 6.56. The normalized spacial score (nSPS) is 10.5. The van der Waals surface area contributed by atoms with E-state index in [-0.39, 0.29) is 0 Å². The number of hydrogen-bond donors (Lipinski definition) is 0.